The Balaban J connectivity index is 1.68. The Morgan fingerprint density at radius 3 is 2.43 bits per heavy atom. The van der Waals surface area contributed by atoms with Crippen molar-refractivity contribution >= 4 is 55.7 Å². The van der Waals surface area contributed by atoms with Crippen molar-refractivity contribution in [2.24, 2.45) is 0 Å². The zero-order chi connectivity index (χ0) is 26.3. The van der Waals surface area contributed by atoms with Gasteiger partial charge in [-0.2, -0.15) is 0 Å². The van der Waals surface area contributed by atoms with Gasteiger partial charge in [-0.05, 0) is 66.4 Å². The van der Waals surface area contributed by atoms with E-state index in [1.807, 2.05) is 49.4 Å². The molecule has 8 heteroatoms. The summed E-state index contributed by atoms with van der Waals surface area (Å²) >= 11 is 7.32. The first-order valence-corrected chi connectivity index (χ1v) is 13.2. The molecule has 4 aromatic rings. The summed E-state index contributed by atoms with van der Waals surface area (Å²) in [4.78, 5) is 32.9. The standard InChI is InChI=1S/C29H25ClN2O4S/c1-4-36-21-13-14-22-23(15-21)37-29(31-22)32-25(18-7-5-17(6-8-18)16(2)3)24(27(34)28(32)35)26(33)19-9-11-20(30)12-10-19/h5-16,25,33H,4H2,1-3H3/b26-24+. The number of carbonyl (C=O) groups is 2. The zero-order valence-corrected chi connectivity index (χ0v) is 22.1. The van der Waals surface area contributed by atoms with Gasteiger partial charge in [-0.3, -0.25) is 14.5 Å². The fourth-order valence-electron chi connectivity index (χ4n) is 4.42. The van der Waals surface area contributed by atoms with Crippen LogP contribution < -0.4 is 9.64 Å². The Morgan fingerprint density at radius 1 is 1.08 bits per heavy atom. The lowest BCUT2D eigenvalue weighted by Gasteiger charge is -2.23. The molecule has 0 spiro atoms. The highest BCUT2D eigenvalue weighted by Gasteiger charge is 2.48. The summed E-state index contributed by atoms with van der Waals surface area (Å²) in [6.45, 7) is 6.63. The van der Waals surface area contributed by atoms with Crippen molar-refractivity contribution < 1.29 is 19.4 Å². The number of aliphatic hydroxyl groups excluding tert-OH is 1. The van der Waals surface area contributed by atoms with Crippen molar-refractivity contribution in [3.05, 3.63) is 94.0 Å². The summed E-state index contributed by atoms with van der Waals surface area (Å²) in [5.41, 5.74) is 2.93. The summed E-state index contributed by atoms with van der Waals surface area (Å²) in [5, 5.41) is 12.1. The SMILES string of the molecule is CCOc1ccc2nc(N3C(=O)C(=O)/C(=C(/O)c4ccc(Cl)cc4)C3c3ccc(C(C)C)cc3)sc2c1. The van der Waals surface area contributed by atoms with Crippen LogP contribution in [0.1, 0.15) is 49.4 Å². The minimum Gasteiger partial charge on any atom is -0.507 e. The van der Waals surface area contributed by atoms with Gasteiger partial charge in [0.05, 0.1) is 28.4 Å². The van der Waals surface area contributed by atoms with Crippen molar-refractivity contribution in [1.29, 1.82) is 0 Å². The molecule has 0 aliphatic carbocycles. The van der Waals surface area contributed by atoms with Crippen LogP contribution in [0.4, 0.5) is 5.13 Å². The maximum absolute atomic E-state index is 13.5. The summed E-state index contributed by atoms with van der Waals surface area (Å²) in [6.07, 6.45) is 0. The topological polar surface area (TPSA) is 79.7 Å². The quantitative estimate of drug-likeness (QED) is 0.163. The Labute approximate surface area is 223 Å². The lowest BCUT2D eigenvalue weighted by Crippen LogP contribution is -2.29. The third-order valence-corrected chi connectivity index (χ3v) is 7.62. The van der Waals surface area contributed by atoms with E-state index in [2.05, 4.69) is 18.8 Å². The van der Waals surface area contributed by atoms with Gasteiger partial charge >= 0.3 is 5.91 Å². The summed E-state index contributed by atoms with van der Waals surface area (Å²) in [6, 6.07) is 18.9. The lowest BCUT2D eigenvalue weighted by atomic mass is 9.93. The molecule has 3 aromatic carbocycles. The average molecular weight is 533 g/mol. The van der Waals surface area contributed by atoms with Gasteiger partial charge in [-0.15, -0.1) is 0 Å². The number of benzene rings is 3. The number of aliphatic hydroxyl groups is 1. The normalized spacial score (nSPS) is 17.2. The number of anilines is 1. The molecule has 0 saturated carbocycles. The average Bonchev–Trinajstić information content (AvgIpc) is 3.42. The number of ketones is 1. The van der Waals surface area contributed by atoms with Crippen LogP contribution in [0.2, 0.25) is 5.02 Å². The van der Waals surface area contributed by atoms with Gasteiger partial charge in [-0.25, -0.2) is 4.98 Å². The van der Waals surface area contributed by atoms with E-state index in [4.69, 9.17) is 16.3 Å². The highest BCUT2D eigenvalue weighted by molar-refractivity contribution is 7.22. The van der Waals surface area contributed by atoms with E-state index >= 15 is 0 Å². The van der Waals surface area contributed by atoms with Crippen molar-refractivity contribution in [2.45, 2.75) is 32.7 Å². The van der Waals surface area contributed by atoms with Gasteiger partial charge in [0.25, 0.3) is 5.78 Å². The van der Waals surface area contributed by atoms with E-state index in [0.717, 1.165) is 10.3 Å². The van der Waals surface area contributed by atoms with Crippen LogP contribution in [0.3, 0.4) is 0 Å². The summed E-state index contributed by atoms with van der Waals surface area (Å²) < 4.78 is 6.44. The summed E-state index contributed by atoms with van der Waals surface area (Å²) in [5.74, 6) is -0.735. The van der Waals surface area contributed by atoms with Gasteiger partial charge in [-0.1, -0.05) is 61.1 Å². The number of amides is 1. The molecular formula is C29H25ClN2O4S. The van der Waals surface area contributed by atoms with Crippen LogP contribution in [-0.4, -0.2) is 28.4 Å². The molecule has 0 bridgehead atoms. The molecule has 188 valence electrons. The number of hydrogen-bond acceptors (Lipinski definition) is 6. The van der Waals surface area contributed by atoms with Crippen molar-refractivity contribution in [1.82, 2.24) is 4.98 Å². The minimum atomic E-state index is -0.844. The number of aromatic nitrogens is 1. The third kappa shape index (κ3) is 4.61. The predicted octanol–water partition coefficient (Wildman–Crippen LogP) is 7.10. The second-order valence-electron chi connectivity index (χ2n) is 9.06. The van der Waals surface area contributed by atoms with Crippen LogP contribution in [0, 0.1) is 0 Å². The number of ether oxygens (including phenoxy) is 1. The highest BCUT2D eigenvalue weighted by atomic mass is 35.5. The maximum atomic E-state index is 13.5. The van der Waals surface area contributed by atoms with Crippen molar-refractivity contribution in [3.8, 4) is 5.75 Å². The largest absolute Gasteiger partial charge is 0.507 e. The number of thiazole rings is 1. The Morgan fingerprint density at radius 2 is 1.78 bits per heavy atom. The van der Waals surface area contributed by atoms with E-state index in [1.165, 1.54) is 16.2 Å². The lowest BCUT2D eigenvalue weighted by molar-refractivity contribution is -0.132. The van der Waals surface area contributed by atoms with Crippen LogP contribution in [0.25, 0.3) is 16.0 Å². The maximum Gasteiger partial charge on any atom is 0.301 e. The zero-order valence-electron chi connectivity index (χ0n) is 20.6. The second kappa shape index (κ2) is 10.00. The first-order chi connectivity index (χ1) is 17.8. The van der Waals surface area contributed by atoms with Gasteiger partial charge in [0.2, 0.25) is 0 Å². The smallest absolute Gasteiger partial charge is 0.301 e. The fourth-order valence-corrected chi connectivity index (χ4v) is 5.57. The fraction of sp³-hybridized carbons (Fsp3) is 0.207. The number of hydrogen-bond donors (Lipinski definition) is 1. The van der Waals surface area contributed by atoms with Crippen LogP contribution >= 0.6 is 22.9 Å². The van der Waals surface area contributed by atoms with Gasteiger partial charge in [0.15, 0.2) is 5.13 Å². The minimum absolute atomic E-state index is 0.0129. The van der Waals surface area contributed by atoms with Gasteiger partial charge in [0.1, 0.15) is 11.5 Å². The molecule has 1 saturated heterocycles. The van der Waals surface area contributed by atoms with Gasteiger partial charge in [0, 0.05) is 10.6 Å². The number of fused-ring (bicyclic) bond motifs is 1. The molecule has 1 aliphatic rings. The van der Waals surface area contributed by atoms with E-state index in [9.17, 15) is 14.7 Å². The van der Waals surface area contributed by atoms with E-state index in [0.29, 0.717) is 45.1 Å². The second-order valence-corrected chi connectivity index (χ2v) is 10.5. The molecule has 1 fully saturated rings. The summed E-state index contributed by atoms with van der Waals surface area (Å²) in [7, 11) is 0. The molecule has 2 heterocycles. The van der Waals surface area contributed by atoms with Gasteiger partial charge < -0.3 is 9.84 Å². The molecule has 6 nitrogen and oxygen atoms in total. The van der Waals surface area contributed by atoms with Crippen molar-refractivity contribution in [2.75, 3.05) is 11.5 Å². The Kier molecular flexibility index (Phi) is 6.75. The molecule has 1 atom stereocenters. The van der Waals surface area contributed by atoms with E-state index < -0.39 is 17.7 Å². The monoisotopic (exact) mass is 532 g/mol. The molecule has 1 N–H and O–H groups in total. The first kappa shape index (κ1) is 25.0. The van der Waals surface area contributed by atoms with Crippen molar-refractivity contribution in [3.63, 3.8) is 0 Å². The molecule has 1 aromatic heterocycles. The predicted molar refractivity (Wildman–Crippen MR) is 148 cm³/mol. The third-order valence-electron chi connectivity index (χ3n) is 6.35. The Bertz CT molecular complexity index is 1520. The number of Topliss-reactive ketones (excluding diaryl/α,β-unsaturated/α-hetero) is 1. The van der Waals surface area contributed by atoms with E-state index in [-0.39, 0.29) is 11.3 Å². The molecule has 1 amide bonds. The number of carbonyl (C=O) groups excluding carboxylic acids is 2. The number of nitrogens with zero attached hydrogens (tertiary/aromatic N) is 2. The van der Waals surface area contributed by atoms with Crippen LogP contribution in [0.5, 0.6) is 5.75 Å². The van der Waals surface area contributed by atoms with Crippen LogP contribution in [0.15, 0.2) is 72.3 Å². The highest BCUT2D eigenvalue weighted by Crippen LogP contribution is 2.44. The molecule has 1 unspecified atom stereocenters. The number of halogens is 1. The van der Waals surface area contributed by atoms with Crippen LogP contribution in [-0.2, 0) is 9.59 Å². The number of rotatable bonds is 6. The molecule has 0 radical (unpaired) electrons. The first-order valence-electron chi connectivity index (χ1n) is 12.0. The molecule has 37 heavy (non-hydrogen) atoms. The molecule has 1 aliphatic heterocycles. The molecule has 5 rings (SSSR count). The van der Waals surface area contributed by atoms with E-state index in [1.54, 1.807) is 24.3 Å². The Hall–Kier alpha value is -3.68. The molecular weight excluding hydrogens is 508 g/mol.